The Kier molecular flexibility index (Phi) is 3.89. The third-order valence-corrected chi connectivity index (χ3v) is 2.69. The molecule has 0 amide bonds. The van der Waals surface area contributed by atoms with Crippen molar-refractivity contribution in [1.82, 2.24) is 4.98 Å². The van der Waals surface area contributed by atoms with Gasteiger partial charge in [-0.15, -0.1) is 0 Å². The Morgan fingerprint density at radius 3 is 2.45 bits per heavy atom. The number of non-ortho nitro benzene ring substituents is 1. The lowest BCUT2D eigenvalue weighted by Gasteiger charge is -2.05. The fourth-order valence-corrected chi connectivity index (χ4v) is 1.77. The molecule has 1 heterocycles. The number of hydrogen-bond donors (Lipinski definition) is 0. The van der Waals surface area contributed by atoms with Gasteiger partial charge in [0.05, 0.1) is 22.1 Å². The van der Waals surface area contributed by atoms with E-state index < -0.39 is 15.5 Å². The largest absolute Gasteiger partial charge is 0.448 e. The third-order valence-electron chi connectivity index (χ3n) is 2.26. The zero-order valence-corrected chi connectivity index (χ0v) is 11.3. The first-order valence-corrected chi connectivity index (χ1v) is 5.98. The van der Waals surface area contributed by atoms with Gasteiger partial charge in [-0.3, -0.25) is 25.2 Å². The van der Waals surface area contributed by atoms with Crippen LogP contribution in [0.1, 0.15) is 0 Å². The first-order chi connectivity index (χ1) is 9.47. The highest BCUT2D eigenvalue weighted by molar-refractivity contribution is 9.10. The van der Waals surface area contributed by atoms with Crippen LogP contribution in [0.3, 0.4) is 0 Å². The second-order valence-corrected chi connectivity index (χ2v) is 4.52. The summed E-state index contributed by atoms with van der Waals surface area (Å²) < 4.78 is 5.97. The highest BCUT2D eigenvalue weighted by Crippen LogP contribution is 2.34. The molecule has 0 unspecified atom stereocenters. The summed E-state index contributed by atoms with van der Waals surface area (Å²) in [5, 5.41) is 21.5. The molecule has 0 fully saturated rings. The molecule has 0 spiro atoms. The average Bonchev–Trinajstić information content (AvgIpc) is 2.38. The van der Waals surface area contributed by atoms with E-state index >= 15 is 0 Å². The van der Waals surface area contributed by atoms with E-state index in [1.54, 1.807) is 6.07 Å². The number of benzene rings is 1. The van der Waals surface area contributed by atoms with Crippen LogP contribution in [0.2, 0.25) is 0 Å². The summed E-state index contributed by atoms with van der Waals surface area (Å²) in [5.41, 5.74) is -0.865. The molecule has 0 aliphatic heterocycles. The maximum atomic E-state index is 10.9. The topological polar surface area (TPSA) is 108 Å². The molecule has 0 atom stereocenters. The normalized spacial score (nSPS) is 10.1. The minimum absolute atomic E-state index is 0.0968. The average molecular weight is 340 g/mol. The fourth-order valence-electron chi connectivity index (χ4n) is 1.42. The van der Waals surface area contributed by atoms with Gasteiger partial charge in [-0.2, -0.15) is 0 Å². The van der Waals surface area contributed by atoms with Crippen LogP contribution in [0.15, 0.2) is 41.1 Å². The molecule has 9 heteroatoms. The molecule has 0 N–H and O–H groups in total. The number of aromatic nitrogens is 1. The van der Waals surface area contributed by atoms with E-state index in [4.69, 9.17) is 4.74 Å². The third kappa shape index (κ3) is 3.06. The van der Waals surface area contributed by atoms with Crippen molar-refractivity contribution in [3.05, 3.63) is 61.4 Å². The Morgan fingerprint density at radius 2 is 1.85 bits per heavy atom. The first kappa shape index (κ1) is 13.9. The van der Waals surface area contributed by atoms with E-state index in [2.05, 4.69) is 20.9 Å². The highest BCUT2D eigenvalue weighted by Gasteiger charge is 2.21. The van der Waals surface area contributed by atoms with Gasteiger partial charge in [-0.05, 0) is 28.1 Å². The Hall–Kier alpha value is -2.55. The SMILES string of the molecule is O=[N+]([O-])c1ccc(Oc2cncc(Br)c2)c([N+](=O)[O-])c1. The van der Waals surface area contributed by atoms with Gasteiger partial charge in [0.25, 0.3) is 5.69 Å². The zero-order chi connectivity index (χ0) is 14.7. The standard InChI is InChI=1S/C11H6BrN3O5/c12-7-3-9(6-13-5-7)20-11-2-1-8(14(16)17)4-10(11)15(18)19/h1-6H. The summed E-state index contributed by atoms with van der Waals surface area (Å²) >= 11 is 3.19. The maximum absolute atomic E-state index is 10.9. The van der Waals surface area contributed by atoms with Crippen molar-refractivity contribution in [2.75, 3.05) is 0 Å². The number of ether oxygens (including phenoxy) is 1. The van der Waals surface area contributed by atoms with Crippen LogP contribution >= 0.6 is 15.9 Å². The predicted octanol–water partition coefficient (Wildman–Crippen LogP) is 3.45. The Bertz CT molecular complexity index is 692. The number of halogens is 1. The van der Waals surface area contributed by atoms with Crippen molar-refractivity contribution in [3.63, 3.8) is 0 Å². The second-order valence-electron chi connectivity index (χ2n) is 3.61. The molecule has 0 bridgehead atoms. The second kappa shape index (κ2) is 5.61. The van der Waals surface area contributed by atoms with Gasteiger partial charge in [0.1, 0.15) is 5.75 Å². The van der Waals surface area contributed by atoms with Gasteiger partial charge in [-0.25, -0.2) is 0 Å². The Morgan fingerprint density at radius 1 is 1.10 bits per heavy atom. The Labute approximate surface area is 120 Å². The number of nitrogens with zero attached hydrogens (tertiary/aromatic N) is 3. The summed E-state index contributed by atoms with van der Waals surface area (Å²) in [6.07, 6.45) is 2.90. The van der Waals surface area contributed by atoms with Crippen LogP contribution < -0.4 is 4.74 Å². The van der Waals surface area contributed by atoms with Crippen LogP contribution in [0.4, 0.5) is 11.4 Å². The summed E-state index contributed by atoms with van der Waals surface area (Å²) in [6, 6.07) is 4.73. The van der Waals surface area contributed by atoms with Crippen LogP contribution in [-0.2, 0) is 0 Å². The van der Waals surface area contributed by atoms with E-state index in [0.717, 1.165) is 12.1 Å². The van der Waals surface area contributed by atoms with Crippen molar-refractivity contribution in [3.8, 4) is 11.5 Å². The summed E-state index contributed by atoms with van der Waals surface area (Å²) in [7, 11) is 0. The molecule has 2 rings (SSSR count). The van der Waals surface area contributed by atoms with Crippen LogP contribution in [0, 0.1) is 20.2 Å². The van der Waals surface area contributed by atoms with Gasteiger partial charge in [0.2, 0.25) is 5.75 Å². The molecule has 0 radical (unpaired) electrons. The molecule has 0 saturated carbocycles. The molecule has 0 aliphatic rings. The lowest BCUT2D eigenvalue weighted by atomic mass is 10.2. The molecule has 1 aromatic heterocycles. The smallest absolute Gasteiger partial charge is 0.318 e. The number of pyridine rings is 1. The molecule has 102 valence electrons. The van der Waals surface area contributed by atoms with Gasteiger partial charge in [-0.1, -0.05) is 0 Å². The predicted molar refractivity (Wildman–Crippen MR) is 71.8 cm³/mol. The van der Waals surface area contributed by atoms with E-state index in [-0.39, 0.29) is 17.2 Å². The van der Waals surface area contributed by atoms with Gasteiger partial charge >= 0.3 is 5.69 Å². The minimum atomic E-state index is -0.742. The number of hydrogen-bond acceptors (Lipinski definition) is 6. The first-order valence-electron chi connectivity index (χ1n) is 5.18. The molecule has 0 aliphatic carbocycles. The van der Waals surface area contributed by atoms with Crippen LogP contribution in [0.5, 0.6) is 11.5 Å². The molecule has 0 saturated heterocycles. The lowest BCUT2D eigenvalue weighted by molar-refractivity contribution is -0.394. The Balaban J connectivity index is 2.41. The van der Waals surface area contributed by atoms with E-state index in [9.17, 15) is 20.2 Å². The monoisotopic (exact) mass is 339 g/mol. The fraction of sp³-hybridized carbons (Fsp3) is 0. The van der Waals surface area contributed by atoms with Crippen molar-refractivity contribution < 1.29 is 14.6 Å². The van der Waals surface area contributed by atoms with E-state index in [1.807, 2.05) is 0 Å². The highest BCUT2D eigenvalue weighted by atomic mass is 79.9. The quantitative estimate of drug-likeness (QED) is 0.623. The lowest BCUT2D eigenvalue weighted by Crippen LogP contribution is -1.96. The molecule has 2 aromatic rings. The summed E-state index contributed by atoms with van der Waals surface area (Å²) in [5.74, 6) is 0.178. The molecule has 8 nitrogen and oxygen atoms in total. The minimum Gasteiger partial charge on any atom is -0.448 e. The molecular weight excluding hydrogens is 334 g/mol. The maximum Gasteiger partial charge on any atom is 0.318 e. The van der Waals surface area contributed by atoms with Crippen LogP contribution in [0.25, 0.3) is 0 Å². The molecular formula is C11H6BrN3O5. The van der Waals surface area contributed by atoms with E-state index in [1.165, 1.54) is 18.5 Å². The van der Waals surface area contributed by atoms with Crippen molar-refractivity contribution in [1.29, 1.82) is 0 Å². The molecule has 1 aromatic carbocycles. The van der Waals surface area contributed by atoms with Crippen LogP contribution in [-0.4, -0.2) is 14.8 Å². The summed E-state index contributed by atoms with van der Waals surface area (Å²) in [6.45, 7) is 0. The van der Waals surface area contributed by atoms with Crippen molar-refractivity contribution in [2.45, 2.75) is 0 Å². The number of nitro groups is 2. The zero-order valence-electron chi connectivity index (χ0n) is 9.72. The molecule has 20 heavy (non-hydrogen) atoms. The van der Waals surface area contributed by atoms with Gasteiger partial charge < -0.3 is 4.74 Å². The van der Waals surface area contributed by atoms with Crippen molar-refractivity contribution >= 4 is 27.3 Å². The van der Waals surface area contributed by atoms with E-state index in [0.29, 0.717) is 4.47 Å². The van der Waals surface area contributed by atoms with Crippen molar-refractivity contribution in [2.24, 2.45) is 0 Å². The van der Waals surface area contributed by atoms with Gasteiger partial charge in [0.15, 0.2) is 0 Å². The number of rotatable bonds is 4. The van der Waals surface area contributed by atoms with Gasteiger partial charge in [0, 0.05) is 16.7 Å². The summed E-state index contributed by atoms with van der Waals surface area (Å²) in [4.78, 5) is 23.9. The number of nitro benzene ring substituents is 2.